The number of carbonyl (C=O) groups is 1. The molecule has 2 heterocycles. The normalized spacial score (nSPS) is 15.4. The quantitative estimate of drug-likeness (QED) is 0.899. The highest BCUT2D eigenvalue weighted by Crippen LogP contribution is 2.32. The van der Waals surface area contributed by atoms with Crippen molar-refractivity contribution in [2.75, 3.05) is 13.1 Å². The van der Waals surface area contributed by atoms with E-state index in [4.69, 9.17) is 33.7 Å². The van der Waals surface area contributed by atoms with Gasteiger partial charge in [0.1, 0.15) is 11.3 Å². The van der Waals surface area contributed by atoms with Gasteiger partial charge in [-0.05, 0) is 43.2 Å². The predicted octanol–water partition coefficient (Wildman–Crippen LogP) is 3.74. The third kappa shape index (κ3) is 3.80. The van der Waals surface area contributed by atoms with Crippen LogP contribution in [0.5, 0.6) is 11.6 Å². The lowest BCUT2D eigenvalue weighted by Crippen LogP contribution is -2.42. The molecule has 1 aromatic carbocycles. The Bertz CT molecular complexity index is 746. The highest BCUT2D eigenvalue weighted by Gasteiger charge is 2.25. The van der Waals surface area contributed by atoms with Crippen LogP contribution in [0.25, 0.3) is 0 Å². The molecular weight excluding hydrogens is 349 g/mol. The Labute approximate surface area is 150 Å². The molecule has 5 nitrogen and oxygen atoms in total. The van der Waals surface area contributed by atoms with Gasteiger partial charge in [-0.15, -0.1) is 0 Å². The summed E-state index contributed by atoms with van der Waals surface area (Å²) in [5.41, 5.74) is 6.30. The number of ether oxygens (including phenoxy) is 1. The minimum absolute atomic E-state index is 0.116. The van der Waals surface area contributed by atoms with E-state index in [-0.39, 0.29) is 17.8 Å². The number of amides is 1. The number of benzene rings is 1. The smallest absolute Gasteiger partial charge is 0.259 e. The first-order valence-corrected chi connectivity index (χ1v) is 8.43. The molecule has 1 amide bonds. The zero-order valence-electron chi connectivity index (χ0n) is 12.9. The number of rotatable bonds is 3. The Morgan fingerprint density at radius 2 is 2.00 bits per heavy atom. The van der Waals surface area contributed by atoms with Crippen molar-refractivity contribution in [3.8, 4) is 11.6 Å². The topological polar surface area (TPSA) is 68.5 Å². The summed E-state index contributed by atoms with van der Waals surface area (Å²) in [5.74, 6) is 0.506. The van der Waals surface area contributed by atoms with Crippen LogP contribution in [-0.4, -0.2) is 34.9 Å². The molecule has 1 fully saturated rings. The van der Waals surface area contributed by atoms with E-state index in [1.807, 2.05) is 0 Å². The third-order valence-corrected chi connectivity index (χ3v) is 4.46. The van der Waals surface area contributed by atoms with E-state index in [0.717, 1.165) is 12.8 Å². The highest BCUT2D eigenvalue weighted by molar-refractivity contribution is 6.35. The van der Waals surface area contributed by atoms with Gasteiger partial charge in [-0.1, -0.05) is 23.2 Å². The minimum atomic E-state index is -0.116. The van der Waals surface area contributed by atoms with Gasteiger partial charge in [-0.25, -0.2) is 4.98 Å². The second-order valence-corrected chi connectivity index (χ2v) is 6.51. The van der Waals surface area contributed by atoms with Gasteiger partial charge in [0.2, 0.25) is 5.88 Å². The predicted molar refractivity (Wildman–Crippen MR) is 93.9 cm³/mol. The molecule has 0 radical (unpaired) electrons. The van der Waals surface area contributed by atoms with Crippen LogP contribution in [0.2, 0.25) is 10.0 Å². The average molecular weight is 366 g/mol. The van der Waals surface area contributed by atoms with Crippen molar-refractivity contribution in [3.63, 3.8) is 0 Å². The first-order valence-electron chi connectivity index (χ1n) is 7.67. The van der Waals surface area contributed by atoms with Crippen molar-refractivity contribution >= 4 is 29.1 Å². The van der Waals surface area contributed by atoms with E-state index in [2.05, 4.69) is 4.98 Å². The van der Waals surface area contributed by atoms with E-state index in [9.17, 15) is 4.79 Å². The second kappa shape index (κ2) is 7.38. The van der Waals surface area contributed by atoms with E-state index < -0.39 is 0 Å². The maximum absolute atomic E-state index is 12.8. The number of hydrogen-bond acceptors (Lipinski definition) is 4. The van der Waals surface area contributed by atoms with Gasteiger partial charge in [-0.2, -0.15) is 0 Å². The van der Waals surface area contributed by atoms with Gasteiger partial charge in [-0.3, -0.25) is 4.79 Å². The number of aromatic nitrogens is 1. The van der Waals surface area contributed by atoms with E-state index in [1.165, 1.54) is 0 Å². The monoisotopic (exact) mass is 365 g/mol. The molecule has 1 aliphatic rings. The van der Waals surface area contributed by atoms with Gasteiger partial charge in [0.05, 0.1) is 5.02 Å². The lowest BCUT2D eigenvalue weighted by atomic mass is 10.1. The van der Waals surface area contributed by atoms with Crippen LogP contribution in [0.15, 0.2) is 36.5 Å². The van der Waals surface area contributed by atoms with Crippen LogP contribution in [0.3, 0.4) is 0 Å². The molecular formula is C17H17Cl2N3O2. The SMILES string of the molecule is NC1CCN(C(=O)c2cccnc2Oc2ccc(Cl)cc2Cl)CC1. The molecule has 0 aliphatic carbocycles. The fraction of sp³-hybridized carbons (Fsp3) is 0.294. The zero-order valence-corrected chi connectivity index (χ0v) is 14.4. The molecule has 2 N–H and O–H groups in total. The summed E-state index contributed by atoms with van der Waals surface area (Å²) in [6, 6.07) is 8.45. The van der Waals surface area contributed by atoms with Gasteiger partial charge >= 0.3 is 0 Å². The van der Waals surface area contributed by atoms with Crippen molar-refractivity contribution in [1.29, 1.82) is 0 Å². The molecule has 126 valence electrons. The van der Waals surface area contributed by atoms with Crippen LogP contribution >= 0.6 is 23.2 Å². The maximum atomic E-state index is 12.8. The molecule has 0 unspecified atom stereocenters. The molecule has 0 saturated carbocycles. The van der Waals surface area contributed by atoms with Gasteiger partial charge < -0.3 is 15.4 Å². The Kier molecular flexibility index (Phi) is 5.23. The summed E-state index contributed by atoms with van der Waals surface area (Å²) < 4.78 is 5.75. The van der Waals surface area contributed by atoms with E-state index >= 15 is 0 Å². The number of hydrogen-bond donors (Lipinski definition) is 1. The summed E-state index contributed by atoms with van der Waals surface area (Å²) in [4.78, 5) is 18.7. The molecule has 1 aromatic heterocycles. The Morgan fingerprint density at radius 1 is 1.25 bits per heavy atom. The summed E-state index contributed by atoms with van der Waals surface area (Å²) in [6.45, 7) is 1.27. The molecule has 3 rings (SSSR count). The largest absolute Gasteiger partial charge is 0.437 e. The van der Waals surface area contributed by atoms with Crippen LogP contribution < -0.4 is 10.5 Å². The van der Waals surface area contributed by atoms with E-state index in [0.29, 0.717) is 34.4 Å². The highest BCUT2D eigenvalue weighted by atomic mass is 35.5. The summed E-state index contributed by atoms with van der Waals surface area (Å²) in [6.07, 6.45) is 3.17. The fourth-order valence-electron chi connectivity index (χ4n) is 2.57. The summed E-state index contributed by atoms with van der Waals surface area (Å²) in [7, 11) is 0. The minimum Gasteiger partial charge on any atom is -0.437 e. The summed E-state index contributed by atoms with van der Waals surface area (Å²) >= 11 is 12.0. The second-order valence-electron chi connectivity index (χ2n) is 5.66. The maximum Gasteiger partial charge on any atom is 0.259 e. The first-order chi connectivity index (χ1) is 11.5. The van der Waals surface area contributed by atoms with Gasteiger partial charge in [0.25, 0.3) is 5.91 Å². The lowest BCUT2D eigenvalue weighted by molar-refractivity contribution is 0.0711. The number of halogens is 2. The molecule has 0 atom stereocenters. The Hall–Kier alpha value is -1.82. The number of nitrogens with two attached hydrogens (primary N) is 1. The van der Waals surface area contributed by atoms with Crippen molar-refractivity contribution in [1.82, 2.24) is 9.88 Å². The molecule has 0 spiro atoms. The average Bonchev–Trinajstić information content (AvgIpc) is 2.58. The molecule has 1 saturated heterocycles. The number of piperidine rings is 1. The van der Waals surface area contributed by atoms with Crippen LogP contribution in [-0.2, 0) is 0 Å². The zero-order chi connectivity index (χ0) is 17.1. The standard InChI is InChI=1S/C17H17Cl2N3O2/c18-11-3-4-15(14(19)10-11)24-16-13(2-1-7-21-16)17(23)22-8-5-12(20)6-9-22/h1-4,7,10,12H,5-6,8-9,20H2. The Balaban J connectivity index is 1.83. The van der Waals surface area contributed by atoms with Crippen LogP contribution in [0, 0.1) is 0 Å². The van der Waals surface area contributed by atoms with Gasteiger partial charge in [0.15, 0.2) is 0 Å². The molecule has 0 bridgehead atoms. The fourth-order valence-corrected chi connectivity index (χ4v) is 3.02. The number of carbonyl (C=O) groups excluding carboxylic acids is 1. The summed E-state index contributed by atoms with van der Waals surface area (Å²) in [5, 5.41) is 0.866. The third-order valence-electron chi connectivity index (χ3n) is 3.93. The van der Waals surface area contributed by atoms with Gasteiger partial charge in [0, 0.05) is 30.4 Å². The number of likely N-dealkylation sites (tertiary alicyclic amines) is 1. The number of nitrogens with zero attached hydrogens (tertiary/aromatic N) is 2. The Morgan fingerprint density at radius 3 is 2.71 bits per heavy atom. The van der Waals surface area contributed by atoms with Crippen molar-refractivity contribution in [2.45, 2.75) is 18.9 Å². The van der Waals surface area contributed by atoms with Crippen molar-refractivity contribution in [3.05, 3.63) is 52.1 Å². The number of pyridine rings is 1. The molecule has 1 aliphatic heterocycles. The molecule has 7 heteroatoms. The van der Waals surface area contributed by atoms with Crippen molar-refractivity contribution < 1.29 is 9.53 Å². The first kappa shape index (κ1) is 17.0. The van der Waals surface area contributed by atoms with E-state index in [1.54, 1.807) is 41.4 Å². The molecule has 24 heavy (non-hydrogen) atoms. The molecule has 2 aromatic rings. The van der Waals surface area contributed by atoms with Crippen molar-refractivity contribution in [2.24, 2.45) is 5.73 Å². The van der Waals surface area contributed by atoms with Crippen LogP contribution in [0.1, 0.15) is 23.2 Å². The lowest BCUT2D eigenvalue weighted by Gasteiger charge is -2.30. The van der Waals surface area contributed by atoms with Crippen LogP contribution in [0.4, 0.5) is 0 Å².